The molecule has 0 aliphatic rings. The Kier molecular flexibility index (Phi) is 2.40. The van der Waals surface area contributed by atoms with Crippen LogP contribution in [0.5, 0.6) is 0 Å². The van der Waals surface area contributed by atoms with E-state index in [2.05, 4.69) is 0 Å². The Labute approximate surface area is 68.8 Å². The molecule has 3 nitrogen and oxygen atoms in total. The number of nitrogens with one attached hydrogen (secondary N) is 1. The molecule has 0 aromatic heterocycles. The number of rotatable bonds is 1. The molecule has 0 radical (unpaired) electrons. The first-order chi connectivity index (χ1) is 5.66. The first-order valence-electron chi connectivity index (χ1n) is 3.36. The largest absolute Gasteiger partial charge is 0.288 e. The SMILES string of the molecule is Cc1c(F)cccc1C(=O)NO. The molecule has 4 heteroatoms. The van der Waals surface area contributed by atoms with Crippen LogP contribution in [-0.2, 0) is 0 Å². The summed E-state index contributed by atoms with van der Waals surface area (Å²) < 4.78 is 12.8. The zero-order valence-electron chi connectivity index (χ0n) is 6.47. The normalized spacial score (nSPS) is 9.58. The molecule has 12 heavy (non-hydrogen) atoms. The molecule has 1 aromatic carbocycles. The van der Waals surface area contributed by atoms with Gasteiger partial charge in [0.2, 0.25) is 0 Å². The van der Waals surface area contributed by atoms with Crippen LogP contribution < -0.4 is 5.48 Å². The molecule has 0 saturated carbocycles. The number of hydrogen-bond acceptors (Lipinski definition) is 2. The summed E-state index contributed by atoms with van der Waals surface area (Å²) in [5.41, 5.74) is 1.81. The van der Waals surface area contributed by atoms with Crippen LogP contribution in [0.4, 0.5) is 4.39 Å². The third-order valence-corrected chi connectivity index (χ3v) is 1.61. The van der Waals surface area contributed by atoms with Crippen molar-refractivity contribution in [3.63, 3.8) is 0 Å². The molecule has 0 saturated heterocycles. The van der Waals surface area contributed by atoms with E-state index in [4.69, 9.17) is 5.21 Å². The van der Waals surface area contributed by atoms with Gasteiger partial charge in [-0.1, -0.05) is 6.07 Å². The monoisotopic (exact) mass is 169 g/mol. The first-order valence-corrected chi connectivity index (χ1v) is 3.36. The lowest BCUT2D eigenvalue weighted by Gasteiger charge is -2.02. The third kappa shape index (κ3) is 1.43. The van der Waals surface area contributed by atoms with Crippen LogP contribution in [0.15, 0.2) is 18.2 Å². The van der Waals surface area contributed by atoms with Gasteiger partial charge in [0.25, 0.3) is 5.91 Å². The Bertz CT molecular complexity index is 312. The molecular formula is C8H8FNO2. The lowest BCUT2D eigenvalue weighted by atomic mass is 10.1. The Morgan fingerprint density at radius 1 is 1.58 bits per heavy atom. The average Bonchev–Trinajstić information content (AvgIpc) is 2.08. The highest BCUT2D eigenvalue weighted by molar-refractivity contribution is 5.94. The van der Waals surface area contributed by atoms with Gasteiger partial charge in [-0.25, -0.2) is 9.87 Å². The van der Waals surface area contributed by atoms with Gasteiger partial charge in [-0.2, -0.15) is 0 Å². The summed E-state index contributed by atoms with van der Waals surface area (Å²) >= 11 is 0. The van der Waals surface area contributed by atoms with Crippen molar-refractivity contribution < 1.29 is 14.4 Å². The summed E-state index contributed by atoms with van der Waals surface area (Å²) in [6.07, 6.45) is 0. The number of halogens is 1. The summed E-state index contributed by atoms with van der Waals surface area (Å²) in [5, 5.41) is 8.28. The Hall–Kier alpha value is -1.42. The Morgan fingerprint density at radius 2 is 2.25 bits per heavy atom. The van der Waals surface area contributed by atoms with Crippen molar-refractivity contribution in [3.05, 3.63) is 35.1 Å². The third-order valence-electron chi connectivity index (χ3n) is 1.61. The summed E-state index contributed by atoms with van der Waals surface area (Å²) in [6.45, 7) is 1.47. The van der Waals surface area contributed by atoms with Crippen LogP contribution in [0, 0.1) is 12.7 Å². The number of hydroxylamine groups is 1. The predicted molar refractivity (Wildman–Crippen MR) is 40.4 cm³/mol. The van der Waals surface area contributed by atoms with Crippen molar-refractivity contribution in [1.82, 2.24) is 5.48 Å². The molecule has 0 atom stereocenters. The molecule has 0 fully saturated rings. The van der Waals surface area contributed by atoms with E-state index < -0.39 is 11.7 Å². The van der Waals surface area contributed by atoms with Crippen LogP contribution in [0.3, 0.4) is 0 Å². The second kappa shape index (κ2) is 3.32. The quantitative estimate of drug-likeness (QED) is 0.491. The van der Waals surface area contributed by atoms with E-state index in [-0.39, 0.29) is 11.1 Å². The molecule has 0 heterocycles. The van der Waals surface area contributed by atoms with Gasteiger partial charge in [0, 0.05) is 5.56 Å². The molecule has 2 N–H and O–H groups in total. The summed E-state index contributed by atoms with van der Waals surface area (Å²) in [6, 6.07) is 4.10. The van der Waals surface area contributed by atoms with Crippen molar-refractivity contribution in [2.24, 2.45) is 0 Å². The minimum atomic E-state index is -0.702. The van der Waals surface area contributed by atoms with Gasteiger partial charge in [-0.3, -0.25) is 10.0 Å². The molecule has 0 spiro atoms. The highest BCUT2D eigenvalue weighted by Crippen LogP contribution is 2.11. The number of carbonyl (C=O) groups is 1. The maximum absolute atomic E-state index is 12.8. The van der Waals surface area contributed by atoms with Crippen molar-refractivity contribution in [1.29, 1.82) is 0 Å². The minimum Gasteiger partial charge on any atom is -0.288 e. The fraction of sp³-hybridized carbons (Fsp3) is 0.125. The lowest BCUT2D eigenvalue weighted by molar-refractivity contribution is 0.0705. The first kappa shape index (κ1) is 8.67. The van der Waals surface area contributed by atoms with Gasteiger partial charge >= 0.3 is 0 Å². The molecular weight excluding hydrogens is 161 g/mol. The van der Waals surface area contributed by atoms with Gasteiger partial charge in [0.15, 0.2) is 0 Å². The lowest BCUT2D eigenvalue weighted by Crippen LogP contribution is -2.19. The second-order valence-electron chi connectivity index (χ2n) is 2.35. The van der Waals surface area contributed by atoms with E-state index in [1.807, 2.05) is 0 Å². The molecule has 0 aliphatic carbocycles. The predicted octanol–water partition coefficient (Wildman–Crippen LogP) is 1.25. The van der Waals surface area contributed by atoms with Crippen LogP contribution in [0.2, 0.25) is 0 Å². The maximum atomic E-state index is 12.8. The van der Waals surface area contributed by atoms with E-state index >= 15 is 0 Å². The van der Waals surface area contributed by atoms with Gasteiger partial charge in [-0.15, -0.1) is 0 Å². The standard InChI is InChI=1S/C8H8FNO2/c1-5-6(8(11)10-12)3-2-4-7(5)9/h2-4,12H,1H3,(H,10,11). The van der Waals surface area contributed by atoms with E-state index in [1.165, 1.54) is 30.6 Å². The van der Waals surface area contributed by atoms with Crippen LogP contribution in [-0.4, -0.2) is 11.1 Å². The van der Waals surface area contributed by atoms with Crippen LogP contribution in [0.25, 0.3) is 0 Å². The zero-order chi connectivity index (χ0) is 9.14. The maximum Gasteiger partial charge on any atom is 0.275 e. The van der Waals surface area contributed by atoms with Crippen LogP contribution >= 0.6 is 0 Å². The fourth-order valence-corrected chi connectivity index (χ4v) is 0.914. The Balaban J connectivity index is 3.16. The molecule has 0 bridgehead atoms. The highest BCUT2D eigenvalue weighted by Gasteiger charge is 2.09. The minimum absolute atomic E-state index is 0.137. The Morgan fingerprint density at radius 3 is 2.83 bits per heavy atom. The molecule has 1 rings (SSSR count). The van der Waals surface area contributed by atoms with Gasteiger partial charge in [0.1, 0.15) is 5.82 Å². The van der Waals surface area contributed by atoms with E-state index in [1.54, 1.807) is 0 Å². The number of amides is 1. The van der Waals surface area contributed by atoms with Crippen molar-refractivity contribution in [2.45, 2.75) is 6.92 Å². The number of carbonyl (C=O) groups excluding carboxylic acids is 1. The molecule has 64 valence electrons. The summed E-state index contributed by atoms with van der Waals surface area (Å²) in [7, 11) is 0. The smallest absolute Gasteiger partial charge is 0.275 e. The number of benzene rings is 1. The van der Waals surface area contributed by atoms with E-state index in [9.17, 15) is 9.18 Å². The van der Waals surface area contributed by atoms with E-state index in [0.29, 0.717) is 0 Å². The molecule has 0 aliphatic heterocycles. The summed E-state index contributed by atoms with van der Waals surface area (Å²) in [5.74, 6) is -1.16. The average molecular weight is 169 g/mol. The molecule has 1 aromatic rings. The number of hydrogen-bond donors (Lipinski definition) is 2. The van der Waals surface area contributed by atoms with Gasteiger partial charge in [0.05, 0.1) is 0 Å². The van der Waals surface area contributed by atoms with Crippen LogP contribution in [0.1, 0.15) is 15.9 Å². The molecule has 0 unspecified atom stereocenters. The van der Waals surface area contributed by atoms with Crippen molar-refractivity contribution in [2.75, 3.05) is 0 Å². The fourth-order valence-electron chi connectivity index (χ4n) is 0.914. The highest BCUT2D eigenvalue weighted by atomic mass is 19.1. The topological polar surface area (TPSA) is 49.3 Å². The van der Waals surface area contributed by atoms with Crippen molar-refractivity contribution in [3.8, 4) is 0 Å². The van der Waals surface area contributed by atoms with Gasteiger partial charge in [-0.05, 0) is 24.6 Å². The molecule has 1 amide bonds. The summed E-state index contributed by atoms with van der Waals surface area (Å²) in [4.78, 5) is 10.9. The van der Waals surface area contributed by atoms with E-state index in [0.717, 1.165) is 0 Å². The zero-order valence-corrected chi connectivity index (χ0v) is 6.47. The van der Waals surface area contributed by atoms with Crippen molar-refractivity contribution >= 4 is 5.91 Å². The van der Waals surface area contributed by atoms with Gasteiger partial charge < -0.3 is 0 Å². The second-order valence-corrected chi connectivity index (χ2v) is 2.35.